The maximum Gasteiger partial charge on any atom is 0.409 e. The van der Waals surface area contributed by atoms with Gasteiger partial charge in [0.05, 0.1) is 22.6 Å². The normalized spacial score (nSPS) is 12.8. The average Bonchev–Trinajstić information content (AvgIpc) is 3.23. The molecule has 192 valence electrons. The van der Waals surface area contributed by atoms with E-state index < -0.39 is 23.7 Å². The lowest BCUT2D eigenvalue weighted by Crippen LogP contribution is -2.33. The highest BCUT2D eigenvalue weighted by Gasteiger charge is 2.25. The lowest BCUT2D eigenvalue weighted by atomic mass is 10.1. The Morgan fingerprint density at radius 2 is 1.87 bits per heavy atom. The number of alkyl halides is 3. The van der Waals surface area contributed by atoms with Crippen molar-refractivity contribution in [2.45, 2.75) is 19.1 Å². The number of nitrogens with one attached hydrogen (secondary N) is 1. The van der Waals surface area contributed by atoms with Crippen molar-refractivity contribution in [2.24, 2.45) is 0 Å². The van der Waals surface area contributed by atoms with Crippen LogP contribution in [0.4, 0.5) is 19.0 Å². The third kappa shape index (κ3) is 4.59. The van der Waals surface area contributed by atoms with E-state index in [0.29, 0.717) is 5.69 Å². The summed E-state index contributed by atoms with van der Waals surface area (Å²) >= 11 is 0. The Hall–Kier alpha value is -5.00. The number of aromatic nitrogens is 5. The molecule has 0 spiro atoms. The molecule has 1 amide bonds. The first-order valence-electron chi connectivity index (χ1n) is 11.4. The van der Waals surface area contributed by atoms with Crippen molar-refractivity contribution in [1.29, 1.82) is 0 Å². The monoisotopic (exact) mass is 519 g/mol. The largest absolute Gasteiger partial charge is 0.409 e. The number of para-hydroxylation sites is 1. The number of carbonyl (C=O) groups excluding carboxylic acids is 1. The molecule has 5 aromatic rings. The van der Waals surface area contributed by atoms with Gasteiger partial charge in [-0.3, -0.25) is 14.2 Å². The van der Waals surface area contributed by atoms with Crippen molar-refractivity contribution >= 4 is 34.4 Å². The van der Waals surface area contributed by atoms with Crippen LogP contribution < -0.4 is 16.6 Å². The number of anilines is 1. The van der Waals surface area contributed by atoms with E-state index in [1.165, 1.54) is 33.5 Å². The number of benzene rings is 2. The second-order valence-corrected chi connectivity index (χ2v) is 8.41. The molecular formula is C26H20F3N7O2. The summed E-state index contributed by atoms with van der Waals surface area (Å²) in [5.41, 5.74) is 6.37. The number of nitrogen functional groups attached to an aromatic ring is 1. The predicted molar refractivity (Wildman–Crippen MR) is 136 cm³/mol. The molecule has 0 aliphatic carbocycles. The number of fused-ring (bicyclic) bond motifs is 2. The number of amides is 1. The molecule has 0 radical (unpaired) electrons. The molecule has 1 unspecified atom stereocenters. The summed E-state index contributed by atoms with van der Waals surface area (Å²) in [5, 5.41) is 6.90. The van der Waals surface area contributed by atoms with E-state index in [-0.39, 0.29) is 45.4 Å². The Morgan fingerprint density at radius 3 is 2.61 bits per heavy atom. The minimum absolute atomic E-state index is 0.00945. The number of allylic oxidation sites excluding steroid dienone is 1. The predicted octanol–water partition coefficient (Wildman–Crippen LogP) is 4.08. The van der Waals surface area contributed by atoms with Gasteiger partial charge in [-0.15, -0.1) is 5.10 Å². The van der Waals surface area contributed by atoms with Gasteiger partial charge in [0.1, 0.15) is 11.4 Å². The third-order valence-electron chi connectivity index (χ3n) is 5.81. The second kappa shape index (κ2) is 9.47. The molecule has 0 bridgehead atoms. The minimum atomic E-state index is -4.55. The molecule has 38 heavy (non-hydrogen) atoms. The van der Waals surface area contributed by atoms with Crippen LogP contribution in [0.2, 0.25) is 0 Å². The summed E-state index contributed by atoms with van der Waals surface area (Å²) in [6.45, 7) is 1.63. The molecule has 1 atom stereocenters. The lowest BCUT2D eigenvalue weighted by molar-refractivity contribution is -0.0790. The minimum Gasteiger partial charge on any atom is -0.381 e. The SMILES string of the molecule is CC(NC(=O)c1c(N)nn2cccnc12)c1nc2cccc(/C=C/C(F)(F)F)c2c(=O)n1-c1ccccc1. The number of halogens is 3. The van der Waals surface area contributed by atoms with Crippen molar-refractivity contribution in [3.05, 3.63) is 100 Å². The number of rotatable bonds is 5. The van der Waals surface area contributed by atoms with Crippen molar-refractivity contribution in [1.82, 2.24) is 29.5 Å². The number of nitrogens with zero attached hydrogens (tertiary/aromatic N) is 5. The smallest absolute Gasteiger partial charge is 0.381 e. The summed E-state index contributed by atoms with van der Waals surface area (Å²) in [4.78, 5) is 35.8. The summed E-state index contributed by atoms with van der Waals surface area (Å²) in [6.07, 6.45) is -0.547. The Balaban J connectivity index is 1.65. The van der Waals surface area contributed by atoms with Gasteiger partial charge in [0.15, 0.2) is 11.5 Å². The molecule has 2 aromatic carbocycles. The molecule has 0 saturated heterocycles. The summed E-state index contributed by atoms with van der Waals surface area (Å²) in [7, 11) is 0. The van der Waals surface area contributed by atoms with E-state index >= 15 is 0 Å². The van der Waals surface area contributed by atoms with E-state index in [4.69, 9.17) is 5.73 Å². The average molecular weight is 519 g/mol. The fraction of sp³-hybridized carbons (Fsp3) is 0.115. The van der Waals surface area contributed by atoms with Gasteiger partial charge in [-0.2, -0.15) is 13.2 Å². The number of hydrogen-bond donors (Lipinski definition) is 2. The maximum absolute atomic E-state index is 13.8. The molecule has 0 aliphatic heterocycles. The van der Waals surface area contributed by atoms with Crippen LogP contribution in [0.3, 0.4) is 0 Å². The highest BCUT2D eigenvalue weighted by molar-refractivity contribution is 6.04. The standard InChI is InChI=1S/C26H20F3N7O2/c1-15(32-24(37)20-21(30)34-35-14-6-13-31-23(20)35)22-33-18-10-5-7-16(11-12-26(27,28)29)19(18)25(38)36(22)17-8-3-2-4-9-17/h2-15H,1H3,(H2,30,34)(H,32,37)/b12-11+. The number of nitrogens with two attached hydrogens (primary N) is 1. The molecule has 3 heterocycles. The molecule has 5 rings (SSSR count). The van der Waals surface area contributed by atoms with E-state index in [1.807, 2.05) is 0 Å². The van der Waals surface area contributed by atoms with E-state index in [9.17, 15) is 22.8 Å². The first-order chi connectivity index (χ1) is 18.1. The van der Waals surface area contributed by atoms with Crippen molar-refractivity contribution in [2.75, 3.05) is 5.73 Å². The summed E-state index contributed by atoms with van der Waals surface area (Å²) in [5.74, 6) is -0.442. The van der Waals surface area contributed by atoms with Gasteiger partial charge < -0.3 is 11.1 Å². The molecule has 0 aliphatic rings. The zero-order valence-electron chi connectivity index (χ0n) is 19.8. The van der Waals surface area contributed by atoms with Gasteiger partial charge in [0.2, 0.25) is 0 Å². The lowest BCUT2D eigenvalue weighted by Gasteiger charge is -2.20. The third-order valence-corrected chi connectivity index (χ3v) is 5.81. The first-order valence-corrected chi connectivity index (χ1v) is 11.4. The Bertz CT molecular complexity index is 1760. The fourth-order valence-corrected chi connectivity index (χ4v) is 4.17. The zero-order valence-corrected chi connectivity index (χ0v) is 19.8. The molecule has 3 N–H and O–H groups in total. The second-order valence-electron chi connectivity index (χ2n) is 8.41. The van der Waals surface area contributed by atoms with E-state index in [1.54, 1.807) is 49.5 Å². The van der Waals surface area contributed by atoms with Crippen LogP contribution in [0.15, 0.2) is 77.9 Å². The molecule has 0 saturated carbocycles. The highest BCUT2D eigenvalue weighted by atomic mass is 19.4. The van der Waals surface area contributed by atoms with Gasteiger partial charge in [-0.25, -0.2) is 14.5 Å². The van der Waals surface area contributed by atoms with Gasteiger partial charge in [0, 0.05) is 18.5 Å². The number of hydrogen-bond acceptors (Lipinski definition) is 6. The van der Waals surface area contributed by atoms with Crippen LogP contribution in [0.25, 0.3) is 28.3 Å². The topological polar surface area (TPSA) is 120 Å². The van der Waals surface area contributed by atoms with Gasteiger partial charge in [-0.1, -0.05) is 30.3 Å². The van der Waals surface area contributed by atoms with Crippen molar-refractivity contribution in [3.63, 3.8) is 0 Å². The van der Waals surface area contributed by atoms with Crippen LogP contribution >= 0.6 is 0 Å². The maximum atomic E-state index is 13.8. The van der Waals surface area contributed by atoms with Crippen LogP contribution in [-0.2, 0) is 0 Å². The molecule has 0 fully saturated rings. The van der Waals surface area contributed by atoms with Gasteiger partial charge >= 0.3 is 6.18 Å². The molecule has 3 aromatic heterocycles. The molecular weight excluding hydrogens is 499 g/mol. The molecule has 12 heteroatoms. The number of carbonyl (C=O) groups is 1. The Labute approximate surface area is 213 Å². The highest BCUT2D eigenvalue weighted by Crippen LogP contribution is 2.24. The first kappa shape index (κ1) is 24.7. The zero-order chi connectivity index (χ0) is 27.0. The Kier molecular flexibility index (Phi) is 6.15. The van der Waals surface area contributed by atoms with Crippen LogP contribution in [-0.4, -0.2) is 36.2 Å². The van der Waals surface area contributed by atoms with Crippen LogP contribution in [0, 0.1) is 0 Å². The van der Waals surface area contributed by atoms with E-state index in [0.717, 1.165) is 6.08 Å². The Morgan fingerprint density at radius 1 is 1.11 bits per heavy atom. The van der Waals surface area contributed by atoms with Crippen molar-refractivity contribution in [3.8, 4) is 5.69 Å². The quantitative estimate of drug-likeness (QED) is 0.361. The summed E-state index contributed by atoms with van der Waals surface area (Å²) < 4.78 is 41.3. The summed E-state index contributed by atoms with van der Waals surface area (Å²) in [6, 6.07) is 13.8. The molecule has 9 nitrogen and oxygen atoms in total. The van der Waals surface area contributed by atoms with Crippen LogP contribution in [0.5, 0.6) is 0 Å². The van der Waals surface area contributed by atoms with Gasteiger partial charge in [-0.05, 0) is 42.8 Å². The van der Waals surface area contributed by atoms with Gasteiger partial charge in [0.25, 0.3) is 11.5 Å². The van der Waals surface area contributed by atoms with Crippen LogP contribution in [0.1, 0.15) is 34.7 Å². The van der Waals surface area contributed by atoms with E-state index in [2.05, 4.69) is 20.4 Å². The van der Waals surface area contributed by atoms with Crippen molar-refractivity contribution < 1.29 is 18.0 Å². The fourth-order valence-electron chi connectivity index (χ4n) is 4.17.